The molecule has 1 amide bonds. The maximum absolute atomic E-state index is 12.9. The van der Waals surface area contributed by atoms with Crippen LogP contribution in [0.1, 0.15) is 24.3 Å². The van der Waals surface area contributed by atoms with E-state index >= 15 is 0 Å². The molecule has 20 heavy (non-hydrogen) atoms. The lowest BCUT2D eigenvalue weighted by atomic mass is 9.93. The summed E-state index contributed by atoms with van der Waals surface area (Å²) >= 11 is 0. The van der Waals surface area contributed by atoms with Gasteiger partial charge in [-0.05, 0) is 48.6 Å². The molecule has 102 valence electrons. The van der Waals surface area contributed by atoms with Crippen LogP contribution in [-0.4, -0.2) is 5.91 Å². The first-order valence-electron chi connectivity index (χ1n) is 6.85. The van der Waals surface area contributed by atoms with Crippen molar-refractivity contribution < 1.29 is 9.18 Å². The van der Waals surface area contributed by atoms with Gasteiger partial charge in [-0.1, -0.05) is 30.3 Å². The molecular formula is C17H16FNO. The highest BCUT2D eigenvalue weighted by molar-refractivity contribution is 5.96. The molecule has 2 aromatic carbocycles. The molecule has 0 aromatic heterocycles. The summed E-state index contributed by atoms with van der Waals surface area (Å²) in [5.41, 5.74) is 1.69. The molecule has 0 spiro atoms. The van der Waals surface area contributed by atoms with E-state index in [2.05, 4.69) is 5.32 Å². The maximum atomic E-state index is 12.9. The number of carbonyl (C=O) groups is 1. The minimum Gasteiger partial charge on any atom is -0.326 e. The van der Waals surface area contributed by atoms with E-state index in [1.54, 1.807) is 12.1 Å². The second-order valence-electron chi connectivity index (χ2n) is 5.22. The van der Waals surface area contributed by atoms with Gasteiger partial charge in [-0.15, -0.1) is 0 Å². The summed E-state index contributed by atoms with van der Waals surface area (Å²) in [6.07, 6.45) is 2.19. The van der Waals surface area contributed by atoms with Crippen LogP contribution >= 0.6 is 0 Å². The Hall–Kier alpha value is -2.16. The second kappa shape index (κ2) is 5.45. The van der Waals surface area contributed by atoms with Gasteiger partial charge in [0, 0.05) is 5.69 Å². The molecule has 1 saturated carbocycles. The fourth-order valence-corrected chi connectivity index (χ4v) is 2.48. The van der Waals surface area contributed by atoms with Crippen LogP contribution in [0.4, 0.5) is 10.1 Å². The highest BCUT2D eigenvalue weighted by atomic mass is 19.1. The molecule has 2 aromatic rings. The average Bonchev–Trinajstić information content (AvgIpc) is 3.28. The van der Waals surface area contributed by atoms with Gasteiger partial charge < -0.3 is 5.32 Å². The van der Waals surface area contributed by atoms with Crippen LogP contribution in [0.5, 0.6) is 0 Å². The Kier molecular flexibility index (Phi) is 3.50. The molecule has 0 saturated heterocycles. The van der Waals surface area contributed by atoms with E-state index < -0.39 is 0 Å². The van der Waals surface area contributed by atoms with Gasteiger partial charge in [-0.2, -0.15) is 0 Å². The molecule has 0 aliphatic heterocycles. The van der Waals surface area contributed by atoms with Crippen LogP contribution in [0.25, 0.3) is 0 Å². The Bertz CT molecular complexity index is 590. The highest BCUT2D eigenvalue weighted by Gasteiger charge is 2.37. The Labute approximate surface area is 117 Å². The molecule has 3 heteroatoms. The predicted molar refractivity (Wildman–Crippen MR) is 76.9 cm³/mol. The quantitative estimate of drug-likeness (QED) is 0.894. The summed E-state index contributed by atoms with van der Waals surface area (Å²) in [6, 6.07) is 15.7. The molecule has 1 unspecified atom stereocenters. The van der Waals surface area contributed by atoms with Gasteiger partial charge in [0.25, 0.3) is 0 Å². The molecule has 1 atom stereocenters. The largest absolute Gasteiger partial charge is 0.326 e. The molecular weight excluding hydrogens is 253 g/mol. The number of hydrogen-bond donors (Lipinski definition) is 1. The number of benzene rings is 2. The monoisotopic (exact) mass is 269 g/mol. The normalized spacial score (nSPS) is 15.7. The van der Waals surface area contributed by atoms with Crippen LogP contribution in [0.15, 0.2) is 54.6 Å². The third kappa shape index (κ3) is 2.87. The van der Waals surface area contributed by atoms with Crippen molar-refractivity contribution in [3.05, 3.63) is 66.0 Å². The van der Waals surface area contributed by atoms with E-state index in [4.69, 9.17) is 0 Å². The first-order chi connectivity index (χ1) is 9.74. The molecule has 0 heterocycles. The SMILES string of the molecule is O=C(Nc1ccc(F)cc1)C(c1ccccc1)C1CC1. The van der Waals surface area contributed by atoms with E-state index in [1.165, 1.54) is 12.1 Å². The summed E-state index contributed by atoms with van der Waals surface area (Å²) in [4.78, 5) is 12.5. The first-order valence-corrected chi connectivity index (χ1v) is 6.85. The van der Waals surface area contributed by atoms with E-state index in [-0.39, 0.29) is 17.6 Å². The zero-order valence-corrected chi connectivity index (χ0v) is 11.1. The van der Waals surface area contributed by atoms with Crippen LogP contribution in [0.3, 0.4) is 0 Å². The number of nitrogens with one attached hydrogen (secondary N) is 1. The fraction of sp³-hybridized carbons (Fsp3) is 0.235. The summed E-state index contributed by atoms with van der Waals surface area (Å²) in [5.74, 6) is 0.00853. The zero-order chi connectivity index (χ0) is 13.9. The summed E-state index contributed by atoms with van der Waals surface area (Å²) < 4.78 is 12.9. The summed E-state index contributed by atoms with van der Waals surface area (Å²) in [5, 5.41) is 2.88. The van der Waals surface area contributed by atoms with Crippen molar-refractivity contribution in [2.24, 2.45) is 5.92 Å². The summed E-state index contributed by atoms with van der Waals surface area (Å²) in [7, 11) is 0. The molecule has 1 aliphatic carbocycles. The van der Waals surface area contributed by atoms with Crippen molar-refractivity contribution in [3.63, 3.8) is 0 Å². The molecule has 3 rings (SSSR count). The Morgan fingerprint density at radius 3 is 2.30 bits per heavy atom. The number of halogens is 1. The van der Waals surface area contributed by atoms with Crippen molar-refractivity contribution in [1.82, 2.24) is 0 Å². The topological polar surface area (TPSA) is 29.1 Å². The van der Waals surface area contributed by atoms with Crippen molar-refractivity contribution in [2.75, 3.05) is 5.32 Å². The lowest BCUT2D eigenvalue weighted by Crippen LogP contribution is -2.22. The number of amides is 1. The van der Waals surface area contributed by atoms with Crippen LogP contribution in [-0.2, 0) is 4.79 Å². The Morgan fingerprint density at radius 2 is 1.70 bits per heavy atom. The summed E-state index contributed by atoms with van der Waals surface area (Å²) in [6.45, 7) is 0. The third-order valence-electron chi connectivity index (χ3n) is 3.65. The molecule has 1 fully saturated rings. The molecule has 2 nitrogen and oxygen atoms in total. The van der Waals surface area contributed by atoms with Crippen LogP contribution < -0.4 is 5.32 Å². The van der Waals surface area contributed by atoms with Crippen LogP contribution in [0, 0.1) is 11.7 Å². The van der Waals surface area contributed by atoms with Gasteiger partial charge in [0.1, 0.15) is 5.82 Å². The lowest BCUT2D eigenvalue weighted by molar-refractivity contribution is -0.118. The highest BCUT2D eigenvalue weighted by Crippen LogP contribution is 2.43. The number of carbonyl (C=O) groups excluding carboxylic acids is 1. The number of hydrogen-bond acceptors (Lipinski definition) is 1. The standard InChI is InChI=1S/C17H16FNO/c18-14-8-10-15(11-9-14)19-17(20)16(13-6-7-13)12-4-2-1-3-5-12/h1-5,8-11,13,16H,6-7H2,(H,19,20). The second-order valence-corrected chi connectivity index (χ2v) is 5.22. The van der Waals surface area contributed by atoms with Crippen molar-refractivity contribution in [3.8, 4) is 0 Å². The van der Waals surface area contributed by atoms with E-state index in [0.717, 1.165) is 18.4 Å². The molecule has 0 radical (unpaired) electrons. The van der Waals surface area contributed by atoms with Gasteiger partial charge in [-0.3, -0.25) is 4.79 Å². The van der Waals surface area contributed by atoms with Gasteiger partial charge >= 0.3 is 0 Å². The number of rotatable bonds is 4. The number of anilines is 1. The minimum atomic E-state index is -0.301. The average molecular weight is 269 g/mol. The van der Waals surface area contributed by atoms with Gasteiger partial charge in [0.2, 0.25) is 5.91 Å². The van der Waals surface area contributed by atoms with Crippen molar-refractivity contribution >= 4 is 11.6 Å². The fourth-order valence-electron chi connectivity index (χ4n) is 2.48. The van der Waals surface area contributed by atoms with Gasteiger partial charge in [-0.25, -0.2) is 4.39 Å². The Balaban J connectivity index is 1.78. The van der Waals surface area contributed by atoms with Gasteiger partial charge in [0.15, 0.2) is 0 Å². The molecule has 1 aliphatic rings. The molecule has 1 N–H and O–H groups in total. The third-order valence-corrected chi connectivity index (χ3v) is 3.65. The van der Waals surface area contributed by atoms with E-state index in [9.17, 15) is 9.18 Å². The molecule has 0 bridgehead atoms. The lowest BCUT2D eigenvalue weighted by Gasteiger charge is -2.16. The maximum Gasteiger partial charge on any atom is 0.232 e. The van der Waals surface area contributed by atoms with E-state index in [1.807, 2.05) is 30.3 Å². The zero-order valence-electron chi connectivity index (χ0n) is 11.1. The smallest absolute Gasteiger partial charge is 0.232 e. The van der Waals surface area contributed by atoms with E-state index in [0.29, 0.717) is 11.6 Å². The predicted octanol–water partition coefficient (Wildman–Crippen LogP) is 3.96. The Morgan fingerprint density at radius 1 is 1.05 bits per heavy atom. The minimum absolute atomic E-state index is 0.00897. The first kappa shape index (κ1) is 12.9. The van der Waals surface area contributed by atoms with Crippen molar-refractivity contribution in [1.29, 1.82) is 0 Å². The van der Waals surface area contributed by atoms with Crippen molar-refractivity contribution in [2.45, 2.75) is 18.8 Å². The van der Waals surface area contributed by atoms with Gasteiger partial charge in [0.05, 0.1) is 5.92 Å². The van der Waals surface area contributed by atoms with Crippen LogP contribution in [0.2, 0.25) is 0 Å².